The van der Waals surface area contributed by atoms with Crippen molar-refractivity contribution in [2.24, 2.45) is 5.73 Å². The molecule has 4 nitrogen and oxygen atoms in total. The van der Waals surface area contributed by atoms with Crippen LogP contribution in [0.1, 0.15) is 42.0 Å². The second kappa shape index (κ2) is 11.6. The van der Waals surface area contributed by atoms with Crippen LogP contribution in [0.2, 0.25) is 0 Å². The van der Waals surface area contributed by atoms with Gasteiger partial charge in [-0.05, 0) is 44.9 Å². The number of nitrogens with zero attached hydrogens (tertiary/aromatic N) is 1. The van der Waals surface area contributed by atoms with Crippen molar-refractivity contribution in [3.8, 4) is 10.6 Å². The smallest absolute Gasteiger partial charge is 0.220 e. The second-order valence-electron chi connectivity index (χ2n) is 5.57. The van der Waals surface area contributed by atoms with Crippen molar-refractivity contribution in [3.05, 3.63) is 27.4 Å². The summed E-state index contributed by atoms with van der Waals surface area (Å²) in [5, 5.41) is 6.19. The molecule has 0 aliphatic carbocycles. The Morgan fingerprint density at radius 1 is 1.25 bits per heavy atom. The number of nitrogens with two attached hydrogens (primary N) is 1. The monoisotopic (exact) mass is 387 g/mol. The molecule has 1 amide bonds. The molecular weight excluding hydrogens is 362 g/mol. The summed E-state index contributed by atoms with van der Waals surface area (Å²) < 4.78 is 0. The molecule has 0 saturated carbocycles. The van der Waals surface area contributed by atoms with Crippen LogP contribution in [0, 0.1) is 6.92 Å². The van der Waals surface area contributed by atoms with E-state index in [9.17, 15) is 4.79 Å². The molecule has 0 fully saturated rings. The van der Waals surface area contributed by atoms with Crippen molar-refractivity contribution in [1.29, 1.82) is 0 Å². The van der Waals surface area contributed by atoms with Crippen molar-refractivity contribution >= 4 is 41.0 Å². The van der Waals surface area contributed by atoms with Gasteiger partial charge < -0.3 is 11.1 Å². The minimum absolute atomic E-state index is 0. The van der Waals surface area contributed by atoms with Crippen LogP contribution in [0.4, 0.5) is 0 Å². The molecule has 0 unspecified atom stereocenters. The Balaban J connectivity index is 0.00000288. The van der Waals surface area contributed by atoms with E-state index in [0.29, 0.717) is 13.0 Å². The number of rotatable bonds is 10. The van der Waals surface area contributed by atoms with Gasteiger partial charge in [0.15, 0.2) is 0 Å². The lowest BCUT2D eigenvalue weighted by atomic mass is 10.1. The van der Waals surface area contributed by atoms with Crippen molar-refractivity contribution in [1.82, 2.24) is 10.3 Å². The molecule has 0 spiro atoms. The van der Waals surface area contributed by atoms with Crippen LogP contribution in [0.15, 0.2) is 17.5 Å². The number of amides is 1. The average Bonchev–Trinajstić information content (AvgIpc) is 3.16. The first-order valence-corrected chi connectivity index (χ1v) is 9.86. The van der Waals surface area contributed by atoms with E-state index in [2.05, 4.69) is 27.8 Å². The largest absolute Gasteiger partial charge is 0.356 e. The Morgan fingerprint density at radius 3 is 2.75 bits per heavy atom. The number of carbonyl (C=O) groups is 1. The number of carbonyl (C=O) groups excluding carboxylic acids is 1. The van der Waals surface area contributed by atoms with Gasteiger partial charge in [0.25, 0.3) is 0 Å². The van der Waals surface area contributed by atoms with Crippen molar-refractivity contribution < 1.29 is 4.79 Å². The predicted molar refractivity (Wildman–Crippen MR) is 106 cm³/mol. The number of aromatic nitrogens is 1. The molecule has 134 valence electrons. The van der Waals surface area contributed by atoms with Gasteiger partial charge in [0.1, 0.15) is 0 Å². The van der Waals surface area contributed by atoms with Gasteiger partial charge in [0.05, 0.1) is 15.6 Å². The quantitative estimate of drug-likeness (QED) is 0.601. The van der Waals surface area contributed by atoms with Crippen molar-refractivity contribution in [2.75, 3.05) is 13.1 Å². The van der Waals surface area contributed by atoms with Crippen LogP contribution in [0.3, 0.4) is 0 Å². The second-order valence-corrected chi connectivity index (χ2v) is 7.80. The number of unbranched alkanes of at least 4 members (excludes halogenated alkanes) is 3. The van der Waals surface area contributed by atoms with E-state index in [0.717, 1.165) is 49.4 Å². The van der Waals surface area contributed by atoms with Gasteiger partial charge in [-0.25, -0.2) is 4.98 Å². The molecule has 0 bridgehead atoms. The first-order chi connectivity index (χ1) is 11.2. The van der Waals surface area contributed by atoms with Gasteiger partial charge >= 0.3 is 0 Å². The highest BCUT2D eigenvalue weighted by Gasteiger charge is 2.07. The molecule has 0 aromatic carbocycles. The van der Waals surface area contributed by atoms with E-state index in [4.69, 9.17) is 5.73 Å². The number of halogens is 1. The molecule has 0 atom stereocenters. The number of hydrogen-bond donors (Lipinski definition) is 2. The lowest BCUT2D eigenvalue weighted by Gasteiger charge is -2.04. The molecule has 0 aliphatic rings. The minimum Gasteiger partial charge on any atom is -0.356 e. The molecule has 7 heteroatoms. The zero-order chi connectivity index (χ0) is 16.5. The van der Waals surface area contributed by atoms with Crippen LogP contribution in [0.5, 0.6) is 0 Å². The van der Waals surface area contributed by atoms with Gasteiger partial charge in [0, 0.05) is 23.2 Å². The lowest BCUT2D eigenvalue weighted by molar-refractivity contribution is -0.121. The zero-order valence-corrected chi connectivity index (χ0v) is 16.5. The summed E-state index contributed by atoms with van der Waals surface area (Å²) in [7, 11) is 0. The molecule has 2 rings (SSSR count). The summed E-state index contributed by atoms with van der Waals surface area (Å²) in [5.74, 6) is 0.157. The van der Waals surface area contributed by atoms with Crippen molar-refractivity contribution in [3.63, 3.8) is 0 Å². The summed E-state index contributed by atoms with van der Waals surface area (Å²) in [4.78, 5) is 18.8. The van der Waals surface area contributed by atoms with E-state index in [1.165, 1.54) is 9.75 Å². The minimum atomic E-state index is 0. The van der Waals surface area contributed by atoms with Gasteiger partial charge in [0.2, 0.25) is 5.91 Å². The molecule has 0 radical (unpaired) electrons. The Kier molecular flexibility index (Phi) is 10.2. The fourth-order valence-corrected chi connectivity index (χ4v) is 3.98. The van der Waals surface area contributed by atoms with Gasteiger partial charge in [-0.1, -0.05) is 12.8 Å². The summed E-state index contributed by atoms with van der Waals surface area (Å²) in [5.41, 5.74) is 6.51. The number of thiazole rings is 1. The Hall–Kier alpha value is -0.950. The third-order valence-electron chi connectivity index (χ3n) is 3.58. The van der Waals surface area contributed by atoms with Crippen LogP contribution in [0.25, 0.3) is 10.6 Å². The number of nitrogens with one attached hydrogen (secondary N) is 1. The molecule has 2 heterocycles. The molecular formula is C17H26ClN3OS2. The SMILES string of the molecule is Cc1nc(-c2ccc(CCNC(=O)CCCCCCN)s2)cs1.Cl. The lowest BCUT2D eigenvalue weighted by Crippen LogP contribution is -2.25. The van der Waals surface area contributed by atoms with Crippen molar-refractivity contribution in [2.45, 2.75) is 45.4 Å². The normalized spacial score (nSPS) is 10.4. The van der Waals surface area contributed by atoms with Crippen LogP contribution in [-0.4, -0.2) is 24.0 Å². The van der Waals surface area contributed by atoms with Gasteiger partial charge in [-0.3, -0.25) is 4.79 Å². The van der Waals surface area contributed by atoms with E-state index in [1.54, 1.807) is 22.7 Å². The number of thiophene rings is 1. The predicted octanol–water partition coefficient (Wildman–Crippen LogP) is 4.17. The summed E-state index contributed by atoms with van der Waals surface area (Å²) >= 11 is 3.43. The Morgan fingerprint density at radius 2 is 2.04 bits per heavy atom. The topological polar surface area (TPSA) is 68.0 Å². The maximum Gasteiger partial charge on any atom is 0.220 e. The first kappa shape index (κ1) is 21.1. The first-order valence-electron chi connectivity index (χ1n) is 8.17. The summed E-state index contributed by atoms with van der Waals surface area (Å²) in [6.07, 6.45) is 5.73. The fourth-order valence-electron chi connectivity index (χ4n) is 2.32. The van der Waals surface area contributed by atoms with Crippen LogP contribution < -0.4 is 11.1 Å². The van der Waals surface area contributed by atoms with E-state index >= 15 is 0 Å². The molecule has 0 aliphatic heterocycles. The third-order valence-corrected chi connectivity index (χ3v) is 5.53. The van der Waals surface area contributed by atoms with E-state index in [-0.39, 0.29) is 18.3 Å². The molecule has 2 aromatic rings. The van der Waals surface area contributed by atoms with Gasteiger partial charge in [-0.2, -0.15) is 0 Å². The molecule has 0 saturated heterocycles. The van der Waals surface area contributed by atoms with Crippen LogP contribution >= 0.6 is 35.1 Å². The summed E-state index contributed by atoms with van der Waals surface area (Å²) in [6, 6.07) is 4.25. The highest BCUT2D eigenvalue weighted by atomic mass is 35.5. The zero-order valence-electron chi connectivity index (χ0n) is 14.0. The molecule has 24 heavy (non-hydrogen) atoms. The number of hydrogen-bond acceptors (Lipinski definition) is 5. The van der Waals surface area contributed by atoms with Crippen LogP contribution in [-0.2, 0) is 11.2 Å². The van der Waals surface area contributed by atoms with E-state index in [1.807, 2.05) is 6.92 Å². The Labute approximate surface area is 158 Å². The van der Waals surface area contributed by atoms with E-state index < -0.39 is 0 Å². The third kappa shape index (κ3) is 7.30. The maximum absolute atomic E-state index is 11.8. The highest BCUT2D eigenvalue weighted by Crippen LogP contribution is 2.29. The standard InChI is InChI=1S/C17H25N3OS2.ClH/c1-13-20-15(12-22-13)16-8-7-14(23-16)9-11-19-17(21)6-4-2-3-5-10-18;/h7-8,12H,2-6,9-11,18H2,1H3,(H,19,21);1H. The molecule has 3 N–H and O–H groups in total. The molecule has 2 aromatic heterocycles. The number of aryl methyl sites for hydroxylation is 1. The fraction of sp³-hybridized carbons (Fsp3) is 0.529. The Bertz CT molecular complexity index is 613. The summed E-state index contributed by atoms with van der Waals surface area (Å²) in [6.45, 7) is 3.47. The van der Waals surface area contributed by atoms with Gasteiger partial charge in [-0.15, -0.1) is 35.1 Å². The highest BCUT2D eigenvalue weighted by molar-refractivity contribution is 7.16. The maximum atomic E-state index is 11.8. The average molecular weight is 388 g/mol.